The Morgan fingerprint density at radius 3 is 1.80 bits per heavy atom. The molecule has 4 amide bonds. The van der Waals surface area contributed by atoms with E-state index in [4.69, 9.17) is 24.2 Å². The number of hydrogen-bond acceptors (Lipinski definition) is 9. The number of nitrogens with zero attached hydrogens (tertiary/aromatic N) is 5. The molecule has 2 saturated heterocycles. The molecule has 16 nitrogen and oxygen atoms in total. The molecule has 4 atom stereocenters. The molecule has 4 N–H and O–H groups in total. The molecule has 0 radical (unpaired) electrons. The Morgan fingerprint density at radius 1 is 0.733 bits per heavy atom. The summed E-state index contributed by atoms with van der Waals surface area (Å²) in [6, 6.07) is 12.9. The highest BCUT2D eigenvalue weighted by Gasteiger charge is 2.39. The standard InChI is InChI=1S/C44H53N9O7/c1-24(2)37(49-43(56)58-5)41(54)52-15-7-9-33(52)39-45-22-30(47-39)26-12-14-32-28(19-26)20-35-29-13-11-27(21-36(29)60-18-17-51(32)35)31-23-46-40(48-31)34-10-8-16-53(34)42(55)38(25(3)4)50-44(57)59-6/h11-14,19-25,33-34,37-38H,7-10,15-18H2,1-6H3,(H,45,47)(H,46,48)(H,49,56)(H,50,57)/t33?,34?,37?,38-/m0/s1. The number of alkyl carbamates (subject to hydrolysis) is 2. The van der Waals surface area contributed by atoms with Crippen molar-refractivity contribution >= 4 is 34.9 Å². The molecule has 3 aromatic heterocycles. The lowest BCUT2D eigenvalue weighted by molar-refractivity contribution is -0.136. The second-order valence-corrected chi connectivity index (χ2v) is 16.5. The number of hydrogen-bond donors (Lipinski definition) is 4. The molecule has 0 aliphatic carbocycles. The number of aromatic nitrogens is 5. The Bertz CT molecular complexity index is 2410. The molecule has 16 heteroatoms. The topological polar surface area (TPSA) is 189 Å². The van der Waals surface area contributed by atoms with Gasteiger partial charge in [0.1, 0.15) is 36.1 Å². The van der Waals surface area contributed by atoms with Gasteiger partial charge in [-0.2, -0.15) is 0 Å². The normalized spacial score (nSPS) is 18.5. The molecular weight excluding hydrogens is 767 g/mol. The summed E-state index contributed by atoms with van der Waals surface area (Å²) in [4.78, 5) is 71.5. The van der Waals surface area contributed by atoms with E-state index in [1.165, 1.54) is 14.2 Å². The SMILES string of the molecule is COC(=O)NC(C(=O)N1CCCC1c1ncc(-c2ccc3c(c2)cc2n3CCOc3cc(-c4cnc(C5CCCN5C(=O)[C@@H](NC(=O)OC)C(C)C)[nH]4)ccc3-2)[nH]1)C(C)C. The number of likely N-dealkylation sites (tertiary alicyclic amines) is 2. The van der Waals surface area contributed by atoms with Gasteiger partial charge < -0.3 is 49.2 Å². The van der Waals surface area contributed by atoms with Gasteiger partial charge in [-0.15, -0.1) is 0 Å². The molecule has 0 bridgehead atoms. The number of rotatable bonds is 10. The monoisotopic (exact) mass is 819 g/mol. The van der Waals surface area contributed by atoms with Crippen LogP contribution in [0.15, 0.2) is 54.9 Å². The number of carbonyl (C=O) groups is 4. The zero-order valence-electron chi connectivity index (χ0n) is 34.9. The molecule has 2 fully saturated rings. The van der Waals surface area contributed by atoms with Crippen molar-refractivity contribution in [2.45, 2.75) is 84.1 Å². The van der Waals surface area contributed by atoms with Crippen LogP contribution >= 0.6 is 0 Å². The fourth-order valence-corrected chi connectivity index (χ4v) is 8.86. The molecule has 8 rings (SSSR count). The van der Waals surface area contributed by atoms with Crippen molar-refractivity contribution in [3.63, 3.8) is 0 Å². The Labute approximate surface area is 348 Å². The van der Waals surface area contributed by atoms with Gasteiger partial charge in [0.05, 0.1) is 62.3 Å². The summed E-state index contributed by atoms with van der Waals surface area (Å²) in [5.74, 6) is 1.67. The van der Waals surface area contributed by atoms with Crippen LogP contribution in [0.25, 0.3) is 44.7 Å². The van der Waals surface area contributed by atoms with Crippen molar-refractivity contribution in [1.29, 1.82) is 0 Å². The lowest BCUT2D eigenvalue weighted by Crippen LogP contribution is -2.51. The van der Waals surface area contributed by atoms with Crippen molar-refractivity contribution in [3.8, 4) is 39.5 Å². The minimum Gasteiger partial charge on any atom is -0.491 e. The number of fused-ring (bicyclic) bond motifs is 5. The third-order valence-corrected chi connectivity index (χ3v) is 12.0. The van der Waals surface area contributed by atoms with Crippen LogP contribution in [0.5, 0.6) is 5.75 Å². The molecule has 5 aromatic rings. The van der Waals surface area contributed by atoms with Crippen molar-refractivity contribution in [1.82, 2.24) is 44.9 Å². The minimum absolute atomic E-state index is 0.115. The molecule has 316 valence electrons. The third-order valence-electron chi connectivity index (χ3n) is 12.0. The predicted octanol–water partition coefficient (Wildman–Crippen LogP) is 6.57. The Kier molecular flexibility index (Phi) is 11.3. The van der Waals surface area contributed by atoms with E-state index >= 15 is 0 Å². The van der Waals surface area contributed by atoms with E-state index in [2.05, 4.69) is 61.6 Å². The quantitative estimate of drug-likeness (QED) is 0.121. The van der Waals surface area contributed by atoms with Gasteiger partial charge in [-0.3, -0.25) is 9.59 Å². The number of carbonyl (C=O) groups excluding carboxylic acids is 4. The van der Waals surface area contributed by atoms with Gasteiger partial charge in [0.15, 0.2) is 0 Å². The van der Waals surface area contributed by atoms with Crippen molar-refractivity contribution in [3.05, 3.63) is 66.5 Å². The first-order valence-electron chi connectivity index (χ1n) is 20.8. The van der Waals surface area contributed by atoms with E-state index in [-0.39, 0.29) is 35.7 Å². The van der Waals surface area contributed by atoms with Crippen LogP contribution in [0.4, 0.5) is 9.59 Å². The zero-order chi connectivity index (χ0) is 42.2. The molecule has 0 spiro atoms. The van der Waals surface area contributed by atoms with E-state index in [1.54, 1.807) is 6.20 Å². The number of benzene rings is 2. The molecule has 60 heavy (non-hydrogen) atoms. The van der Waals surface area contributed by atoms with E-state index in [0.717, 1.165) is 81.9 Å². The average molecular weight is 820 g/mol. The van der Waals surface area contributed by atoms with Crippen LogP contribution in [0.1, 0.15) is 77.1 Å². The molecule has 6 heterocycles. The van der Waals surface area contributed by atoms with Crippen molar-refractivity contribution in [2.24, 2.45) is 11.8 Å². The second kappa shape index (κ2) is 16.7. The fraction of sp³-hybridized carbons (Fsp3) is 0.455. The van der Waals surface area contributed by atoms with Gasteiger partial charge in [0, 0.05) is 40.7 Å². The fourth-order valence-electron chi connectivity index (χ4n) is 8.86. The number of amides is 4. The number of H-pyrrole nitrogens is 2. The summed E-state index contributed by atoms with van der Waals surface area (Å²) in [5, 5.41) is 6.50. The van der Waals surface area contributed by atoms with E-state index in [1.807, 2.05) is 49.8 Å². The van der Waals surface area contributed by atoms with Crippen molar-refractivity contribution < 1.29 is 33.4 Å². The number of imidazole rings is 2. The summed E-state index contributed by atoms with van der Waals surface area (Å²) in [6.07, 6.45) is 5.57. The molecular formula is C44H53N9O7. The Morgan fingerprint density at radius 2 is 1.27 bits per heavy atom. The van der Waals surface area contributed by atoms with Gasteiger partial charge >= 0.3 is 12.2 Å². The first kappa shape index (κ1) is 40.5. The van der Waals surface area contributed by atoms with Gasteiger partial charge in [0.2, 0.25) is 11.8 Å². The van der Waals surface area contributed by atoms with Crippen LogP contribution in [0, 0.1) is 11.8 Å². The lowest BCUT2D eigenvalue weighted by atomic mass is 10.0. The van der Waals surface area contributed by atoms with Crippen LogP contribution in [-0.4, -0.2) is 104 Å². The van der Waals surface area contributed by atoms with Gasteiger partial charge in [-0.05, 0) is 67.9 Å². The maximum atomic E-state index is 13.7. The summed E-state index contributed by atoms with van der Waals surface area (Å²) in [6.45, 7) is 9.94. The largest absolute Gasteiger partial charge is 0.491 e. The van der Waals surface area contributed by atoms with E-state index in [0.29, 0.717) is 32.1 Å². The first-order chi connectivity index (χ1) is 28.9. The average Bonchev–Trinajstić information content (AvgIpc) is 4.10. The predicted molar refractivity (Wildman–Crippen MR) is 224 cm³/mol. The molecule has 3 aliphatic heterocycles. The summed E-state index contributed by atoms with van der Waals surface area (Å²) >= 11 is 0. The number of methoxy groups -OCH3 is 2. The highest BCUT2D eigenvalue weighted by Crippen LogP contribution is 2.41. The van der Waals surface area contributed by atoms with Crippen molar-refractivity contribution in [2.75, 3.05) is 33.9 Å². The highest BCUT2D eigenvalue weighted by molar-refractivity contribution is 5.92. The second-order valence-electron chi connectivity index (χ2n) is 16.5. The minimum atomic E-state index is -0.704. The Hall–Kier alpha value is -6.32. The van der Waals surface area contributed by atoms with Crippen LogP contribution in [0.2, 0.25) is 0 Å². The van der Waals surface area contributed by atoms with E-state index < -0.39 is 24.3 Å². The molecule has 2 aromatic carbocycles. The zero-order valence-corrected chi connectivity index (χ0v) is 34.9. The third kappa shape index (κ3) is 7.66. The van der Waals surface area contributed by atoms with Gasteiger partial charge in [0.25, 0.3) is 0 Å². The highest BCUT2D eigenvalue weighted by atomic mass is 16.5. The number of nitrogens with one attached hydrogen (secondary N) is 4. The maximum absolute atomic E-state index is 13.7. The van der Waals surface area contributed by atoms with Crippen LogP contribution < -0.4 is 15.4 Å². The smallest absolute Gasteiger partial charge is 0.407 e. The number of ether oxygens (including phenoxy) is 3. The molecule has 3 unspecified atom stereocenters. The number of aromatic amines is 2. The lowest BCUT2D eigenvalue weighted by Gasteiger charge is -2.30. The summed E-state index contributed by atoms with van der Waals surface area (Å²) < 4.78 is 18.2. The van der Waals surface area contributed by atoms with Crippen LogP contribution in [0.3, 0.4) is 0 Å². The van der Waals surface area contributed by atoms with Gasteiger partial charge in [-0.1, -0.05) is 39.8 Å². The van der Waals surface area contributed by atoms with Crippen LogP contribution in [-0.2, 0) is 25.6 Å². The Balaban J connectivity index is 1.01. The summed E-state index contributed by atoms with van der Waals surface area (Å²) in [5.41, 5.74) is 6.70. The van der Waals surface area contributed by atoms with Gasteiger partial charge in [-0.25, -0.2) is 19.6 Å². The first-order valence-corrected chi connectivity index (χ1v) is 20.8. The maximum Gasteiger partial charge on any atom is 0.407 e. The molecule has 3 aliphatic rings. The van der Waals surface area contributed by atoms with E-state index in [9.17, 15) is 19.2 Å². The summed E-state index contributed by atoms with van der Waals surface area (Å²) in [7, 11) is 2.58. The molecule has 0 saturated carbocycles.